The van der Waals surface area contributed by atoms with Crippen molar-refractivity contribution in [3.63, 3.8) is 0 Å². The molecule has 1 fully saturated rings. The largest absolute Gasteiger partial charge is 0.383 e. The molecule has 2 rings (SSSR count). The Bertz CT molecular complexity index is 535. The van der Waals surface area contributed by atoms with Gasteiger partial charge >= 0.3 is 0 Å². The van der Waals surface area contributed by atoms with Crippen molar-refractivity contribution >= 4 is 23.5 Å². The van der Waals surface area contributed by atoms with E-state index < -0.39 is 0 Å². The zero-order chi connectivity index (χ0) is 14.7. The number of thioether (sulfide) groups is 1. The lowest BCUT2D eigenvalue weighted by molar-refractivity contribution is -0.134. The number of aromatic nitrogens is 2. The lowest BCUT2D eigenvalue weighted by Crippen LogP contribution is -2.48. The van der Waals surface area contributed by atoms with Crippen molar-refractivity contribution in [3.8, 4) is 0 Å². The summed E-state index contributed by atoms with van der Waals surface area (Å²) >= 11 is 1.22. The fourth-order valence-corrected chi connectivity index (χ4v) is 3.39. The van der Waals surface area contributed by atoms with Crippen LogP contribution in [0, 0.1) is 0 Å². The number of aromatic amines is 1. The number of nitrogens with one attached hydrogen (secondary N) is 1. The van der Waals surface area contributed by atoms with Gasteiger partial charge in [-0.2, -0.15) is 0 Å². The van der Waals surface area contributed by atoms with Crippen LogP contribution < -0.4 is 11.3 Å². The van der Waals surface area contributed by atoms with Crippen LogP contribution in [0.1, 0.15) is 33.1 Å². The summed E-state index contributed by atoms with van der Waals surface area (Å²) in [5.41, 5.74) is 5.21. The van der Waals surface area contributed by atoms with E-state index in [0.29, 0.717) is 5.16 Å². The van der Waals surface area contributed by atoms with Crippen LogP contribution in [0.15, 0.2) is 16.0 Å². The van der Waals surface area contributed by atoms with E-state index in [-0.39, 0.29) is 35.1 Å². The van der Waals surface area contributed by atoms with Gasteiger partial charge in [0.2, 0.25) is 5.91 Å². The van der Waals surface area contributed by atoms with E-state index in [1.165, 1.54) is 24.2 Å². The number of hydrogen-bond donors (Lipinski definition) is 2. The van der Waals surface area contributed by atoms with Crippen LogP contribution in [0.3, 0.4) is 0 Å². The molecule has 0 spiro atoms. The molecule has 1 aliphatic heterocycles. The zero-order valence-electron chi connectivity index (χ0n) is 11.8. The first kappa shape index (κ1) is 14.9. The van der Waals surface area contributed by atoms with Crippen molar-refractivity contribution in [3.05, 3.63) is 16.4 Å². The Morgan fingerprint density at radius 2 is 2.15 bits per heavy atom. The predicted molar refractivity (Wildman–Crippen MR) is 79.6 cm³/mol. The van der Waals surface area contributed by atoms with Crippen LogP contribution in [0.25, 0.3) is 0 Å². The molecule has 1 saturated heterocycles. The summed E-state index contributed by atoms with van der Waals surface area (Å²) < 4.78 is 0. The quantitative estimate of drug-likeness (QED) is 0.646. The highest BCUT2D eigenvalue weighted by Crippen LogP contribution is 2.24. The van der Waals surface area contributed by atoms with Crippen molar-refractivity contribution < 1.29 is 4.79 Å². The number of likely N-dealkylation sites (tertiary alicyclic amines) is 1. The van der Waals surface area contributed by atoms with Gasteiger partial charge in [-0.1, -0.05) is 11.8 Å². The van der Waals surface area contributed by atoms with Crippen LogP contribution in [0.2, 0.25) is 0 Å². The molecule has 110 valence electrons. The maximum Gasteiger partial charge on any atom is 0.253 e. The third kappa shape index (κ3) is 3.53. The number of carbonyl (C=O) groups excluding carboxylic acids is 1. The van der Waals surface area contributed by atoms with Gasteiger partial charge in [0.05, 0.1) is 5.75 Å². The van der Waals surface area contributed by atoms with Gasteiger partial charge < -0.3 is 15.6 Å². The van der Waals surface area contributed by atoms with Crippen LogP contribution in [-0.4, -0.2) is 38.6 Å². The number of hydrogen-bond acceptors (Lipinski definition) is 5. The van der Waals surface area contributed by atoms with Crippen LogP contribution in [-0.2, 0) is 4.79 Å². The van der Waals surface area contributed by atoms with Crippen molar-refractivity contribution in [2.24, 2.45) is 0 Å². The molecular weight excluding hydrogens is 276 g/mol. The minimum absolute atomic E-state index is 0.0831. The molecule has 0 bridgehead atoms. The molecule has 0 unspecified atom stereocenters. The number of nitrogens with zero attached hydrogens (tertiary/aromatic N) is 2. The highest BCUT2D eigenvalue weighted by atomic mass is 32.2. The van der Waals surface area contributed by atoms with E-state index in [0.717, 1.165) is 12.8 Å². The lowest BCUT2D eigenvalue weighted by atomic mass is 9.98. The molecule has 2 atom stereocenters. The summed E-state index contributed by atoms with van der Waals surface area (Å²) in [4.78, 5) is 32.1. The predicted octanol–water partition coefficient (Wildman–Crippen LogP) is 1.23. The highest BCUT2D eigenvalue weighted by Gasteiger charge is 2.28. The molecule has 1 aromatic rings. The number of nitrogen functional groups attached to an aromatic ring is 1. The van der Waals surface area contributed by atoms with Gasteiger partial charge in [0.15, 0.2) is 5.16 Å². The standard InChI is InChI=1S/C13H20N4O2S/c1-8-4-3-5-9(2)17(8)12(19)7-20-13-15-10(14)6-11(18)16-13/h6,8-9H,3-5,7H2,1-2H3,(H3,14,15,16,18)/t8-,9-/m1/s1. The SMILES string of the molecule is C[C@@H]1CCC[C@@H](C)N1C(=O)CSc1nc(N)cc(=O)[nH]1. The minimum atomic E-state index is -0.299. The van der Waals surface area contributed by atoms with E-state index >= 15 is 0 Å². The number of carbonyl (C=O) groups is 1. The van der Waals surface area contributed by atoms with Gasteiger partial charge in [-0.15, -0.1) is 0 Å². The second-order valence-electron chi connectivity index (χ2n) is 5.19. The van der Waals surface area contributed by atoms with Gasteiger partial charge in [0.1, 0.15) is 5.82 Å². The molecule has 1 amide bonds. The highest BCUT2D eigenvalue weighted by molar-refractivity contribution is 7.99. The molecule has 1 aliphatic rings. The summed E-state index contributed by atoms with van der Waals surface area (Å²) in [6.07, 6.45) is 3.27. The molecule has 20 heavy (non-hydrogen) atoms. The topological polar surface area (TPSA) is 92.1 Å². The summed E-state index contributed by atoms with van der Waals surface area (Å²) in [7, 11) is 0. The van der Waals surface area contributed by atoms with Gasteiger partial charge in [-0.25, -0.2) is 4.98 Å². The van der Waals surface area contributed by atoms with Crippen LogP contribution >= 0.6 is 11.8 Å². The number of amides is 1. The zero-order valence-corrected chi connectivity index (χ0v) is 12.6. The van der Waals surface area contributed by atoms with E-state index in [9.17, 15) is 9.59 Å². The average molecular weight is 296 g/mol. The molecule has 0 radical (unpaired) electrons. The Hall–Kier alpha value is -1.50. The van der Waals surface area contributed by atoms with Crippen molar-refractivity contribution in [1.82, 2.24) is 14.9 Å². The molecule has 6 nitrogen and oxygen atoms in total. The van der Waals surface area contributed by atoms with Crippen molar-refractivity contribution in [2.75, 3.05) is 11.5 Å². The normalized spacial score (nSPS) is 22.8. The lowest BCUT2D eigenvalue weighted by Gasteiger charge is -2.39. The number of nitrogens with two attached hydrogens (primary N) is 1. The monoisotopic (exact) mass is 296 g/mol. The third-order valence-corrected chi connectivity index (χ3v) is 4.41. The van der Waals surface area contributed by atoms with Gasteiger partial charge in [-0.05, 0) is 33.1 Å². The summed E-state index contributed by atoms with van der Waals surface area (Å²) in [6.45, 7) is 4.16. The van der Waals surface area contributed by atoms with Crippen LogP contribution in [0.4, 0.5) is 5.82 Å². The second kappa shape index (κ2) is 6.30. The molecule has 1 aromatic heterocycles. The summed E-state index contributed by atoms with van der Waals surface area (Å²) in [5.74, 6) is 0.518. The Morgan fingerprint density at radius 3 is 2.75 bits per heavy atom. The maximum absolute atomic E-state index is 12.3. The fourth-order valence-electron chi connectivity index (χ4n) is 2.64. The van der Waals surface area contributed by atoms with Crippen molar-refractivity contribution in [2.45, 2.75) is 50.4 Å². The molecular formula is C13H20N4O2S. The summed E-state index contributed by atoms with van der Waals surface area (Å²) in [5, 5.41) is 0.390. The van der Waals surface area contributed by atoms with E-state index in [4.69, 9.17) is 5.73 Å². The first-order valence-electron chi connectivity index (χ1n) is 6.78. The minimum Gasteiger partial charge on any atom is -0.383 e. The van der Waals surface area contributed by atoms with E-state index in [1.807, 2.05) is 4.90 Å². The number of anilines is 1. The maximum atomic E-state index is 12.3. The second-order valence-corrected chi connectivity index (χ2v) is 6.16. The van der Waals surface area contributed by atoms with E-state index in [2.05, 4.69) is 23.8 Å². The Balaban J connectivity index is 1.99. The molecule has 3 N–H and O–H groups in total. The first-order valence-corrected chi connectivity index (χ1v) is 7.76. The number of H-pyrrole nitrogens is 1. The van der Waals surface area contributed by atoms with Crippen LogP contribution in [0.5, 0.6) is 0 Å². The smallest absolute Gasteiger partial charge is 0.253 e. The third-order valence-electron chi connectivity index (χ3n) is 3.55. The first-order chi connectivity index (χ1) is 9.47. The summed E-state index contributed by atoms with van der Waals surface area (Å²) in [6, 6.07) is 1.78. The van der Waals surface area contributed by atoms with Gasteiger partial charge in [0, 0.05) is 18.2 Å². The van der Waals surface area contributed by atoms with Gasteiger partial charge in [-0.3, -0.25) is 9.59 Å². The van der Waals surface area contributed by atoms with Gasteiger partial charge in [0.25, 0.3) is 5.56 Å². The van der Waals surface area contributed by atoms with E-state index in [1.54, 1.807) is 0 Å². The molecule has 0 aromatic carbocycles. The molecule has 7 heteroatoms. The number of piperidine rings is 1. The average Bonchev–Trinajstić information content (AvgIpc) is 2.35. The fraction of sp³-hybridized carbons (Fsp3) is 0.615. The Morgan fingerprint density at radius 1 is 1.50 bits per heavy atom. The molecule has 0 saturated carbocycles. The number of rotatable bonds is 3. The Labute approximate surface area is 122 Å². The molecule has 2 heterocycles. The molecule has 0 aliphatic carbocycles. The van der Waals surface area contributed by atoms with Crippen molar-refractivity contribution in [1.29, 1.82) is 0 Å². The Kier molecular flexibility index (Phi) is 4.69.